The second-order valence-electron chi connectivity index (χ2n) is 1.94. The van der Waals surface area contributed by atoms with E-state index in [0.717, 1.165) is 12.1 Å². The Kier molecular flexibility index (Phi) is 2.34. The molecular weight excluding hydrogens is 170 g/mol. The Labute approximate surface area is 68.4 Å². The van der Waals surface area contributed by atoms with Crippen LogP contribution in [0.2, 0.25) is 0 Å². The van der Waals surface area contributed by atoms with E-state index in [1.807, 2.05) is 0 Å². The molecule has 1 aromatic carbocycles. The van der Waals surface area contributed by atoms with Crippen molar-refractivity contribution in [3.63, 3.8) is 0 Å². The molecule has 1 nitrogen and oxygen atoms in total. The van der Waals surface area contributed by atoms with Gasteiger partial charge in [0.15, 0.2) is 11.6 Å². The largest absolute Gasteiger partial charge is 0.495 e. The van der Waals surface area contributed by atoms with E-state index in [0.29, 0.717) is 0 Å². The Hall–Kier alpha value is -0.770. The SMILES string of the molecule is COc1cc(F)c(F)cc1S. The van der Waals surface area contributed by atoms with Crippen molar-refractivity contribution in [3.05, 3.63) is 23.8 Å². The Balaban J connectivity index is 3.21. The molecule has 0 radical (unpaired) electrons. The van der Waals surface area contributed by atoms with E-state index < -0.39 is 11.6 Å². The fraction of sp³-hybridized carbons (Fsp3) is 0.143. The van der Waals surface area contributed by atoms with Gasteiger partial charge >= 0.3 is 0 Å². The van der Waals surface area contributed by atoms with Gasteiger partial charge in [0, 0.05) is 11.0 Å². The molecule has 0 atom stereocenters. The van der Waals surface area contributed by atoms with Gasteiger partial charge in [0.05, 0.1) is 7.11 Å². The van der Waals surface area contributed by atoms with Crippen molar-refractivity contribution in [1.82, 2.24) is 0 Å². The average molecular weight is 176 g/mol. The molecule has 0 unspecified atom stereocenters. The average Bonchev–Trinajstić information content (AvgIpc) is 1.97. The molecule has 0 aliphatic carbocycles. The predicted octanol–water partition coefficient (Wildman–Crippen LogP) is 2.26. The van der Waals surface area contributed by atoms with Gasteiger partial charge in [0.25, 0.3) is 0 Å². The lowest BCUT2D eigenvalue weighted by molar-refractivity contribution is 0.395. The number of halogens is 2. The van der Waals surface area contributed by atoms with Crippen molar-refractivity contribution in [2.24, 2.45) is 0 Å². The summed E-state index contributed by atoms with van der Waals surface area (Å²) in [5.74, 6) is -1.62. The molecule has 0 fully saturated rings. The van der Waals surface area contributed by atoms with Crippen LogP contribution in [0.15, 0.2) is 17.0 Å². The van der Waals surface area contributed by atoms with Crippen LogP contribution in [0.25, 0.3) is 0 Å². The van der Waals surface area contributed by atoms with Gasteiger partial charge in [-0.3, -0.25) is 0 Å². The number of benzene rings is 1. The molecule has 4 heteroatoms. The molecule has 0 amide bonds. The van der Waals surface area contributed by atoms with Crippen LogP contribution in [0, 0.1) is 11.6 Å². The summed E-state index contributed by atoms with van der Waals surface area (Å²) in [5.41, 5.74) is 0. The highest BCUT2D eigenvalue weighted by atomic mass is 32.1. The highest BCUT2D eigenvalue weighted by Gasteiger charge is 2.06. The number of hydrogen-bond donors (Lipinski definition) is 1. The lowest BCUT2D eigenvalue weighted by Crippen LogP contribution is -1.89. The number of ether oxygens (including phenoxy) is 1. The summed E-state index contributed by atoms with van der Waals surface area (Å²) < 4.78 is 29.6. The summed E-state index contributed by atoms with van der Waals surface area (Å²) in [6, 6.07) is 1.93. The smallest absolute Gasteiger partial charge is 0.162 e. The predicted molar refractivity (Wildman–Crippen MR) is 40.2 cm³/mol. The quantitative estimate of drug-likeness (QED) is 0.646. The molecule has 0 spiro atoms. The van der Waals surface area contributed by atoms with Crippen LogP contribution < -0.4 is 4.74 Å². The number of thiol groups is 1. The van der Waals surface area contributed by atoms with Gasteiger partial charge in [-0.05, 0) is 6.07 Å². The second-order valence-corrected chi connectivity index (χ2v) is 2.42. The minimum Gasteiger partial charge on any atom is -0.495 e. The van der Waals surface area contributed by atoms with Crippen molar-refractivity contribution in [2.45, 2.75) is 4.90 Å². The van der Waals surface area contributed by atoms with E-state index in [9.17, 15) is 8.78 Å². The molecule has 0 heterocycles. The van der Waals surface area contributed by atoms with Crippen molar-refractivity contribution < 1.29 is 13.5 Å². The molecule has 0 saturated heterocycles. The third-order valence-electron chi connectivity index (χ3n) is 1.22. The van der Waals surface area contributed by atoms with Crippen molar-refractivity contribution >= 4 is 12.6 Å². The van der Waals surface area contributed by atoms with Gasteiger partial charge in [0.1, 0.15) is 5.75 Å². The minimum atomic E-state index is -0.931. The zero-order chi connectivity index (χ0) is 8.43. The zero-order valence-electron chi connectivity index (χ0n) is 5.77. The molecule has 1 aromatic rings. The number of methoxy groups -OCH3 is 1. The number of hydrogen-bond acceptors (Lipinski definition) is 2. The molecule has 11 heavy (non-hydrogen) atoms. The fourth-order valence-electron chi connectivity index (χ4n) is 0.682. The van der Waals surface area contributed by atoms with Gasteiger partial charge in [-0.2, -0.15) is 0 Å². The first kappa shape index (κ1) is 8.33. The van der Waals surface area contributed by atoms with Gasteiger partial charge in [-0.1, -0.05) is 0 Å². The molecule has 0 N–H and O–H groups in total. The lowest BCUT2D eigenvalue weighted by atomic mass is 10.3. The maximum Gasteiger partial charge on any atom is 0.162 e. The second kappa shape index (κ2) is 3.09. The van der Waals surface area contributed by atoms with Crippen LogP contribution >= 0.6 is 12.6 Å². The maximum atomic E-state index is 12.5. The molecule has 0 saturated carbocycles. The van der Waals surface area contributed by atoms with Crippen LogP contribution in [0.1, 0.15) is 0 Å². The molecule has 0 aliphatic rings. The molecule has 0 aromatic heterocycles. The zero-order valence-corrected chi connectivity index (χ0v) is 6.66. The van der Waals surface area contributed by atoms with Crippen LogP contribution in [0.3, 0.4) is 0 Å². The normalized spacial score (nSPS) is 9.82. The van der Waals surface area contributed by atoms with E-state index in [4.69, 9.17) is 4.74 Å². The fourth-order valence-corrected chi connectivity index (χ4v) is 0.951. The first-order valence-electron chi connectivity index (χ1n) is 2.87. The standard InChI is InChI=1S/C7H6F2OS/c1-10-6-2-4(8)5(9)3-7(6)11/h2-3,11H,1H3. The van der Waals surface area contributed by atoms with Crippen LogP contribution in [0.4, 0.5) is 8.78 Å². The Morgan fingerprint density at radius 3 is 2.36 bits per heavy atom. The third-order valence-corrected chi connectivity index (χ3v) is 1.57. The van der Waals surface area contributed by atoms with Gasteiger partial charge in [0.2, 0.25) is 0 Å². The van der Waals surface area contributed by atoms with Gasteiger partial charge < -0.3 is 4.74 Å². The molecule has 0 bridgehead atoms. The first-order chi connectivity index (χ1) is 5.15. The third kappa shape index (κ3) is 1.63. The number of rotatable bonds is 1. The van der Waals surface area contributed by atoms with Crippen molar-refractivity contribution in [1.29, 1.82) is 0 Å². The van der Waals surface area contributed by atoms with E-state index >= 15 is 0 Å². The summed E-state index contributed by atoms with van der Waals surface area (Å²) in [5, 5.41) is 0. The molecular formula is C7H6F2OS. The highest BCUT2D eigenvalue weighted by molar-refractivity contribution is 7.80. The minimum absolute atomic E-state index is 0.229. The Morgan fingerprint density at radius 1 is 1.27 bits per heavy atom. The molecule has 1 rings (SSSR count). The van der Waals surface area contributed by atoms with Gasteiger partial charge in [-0.25, -0.2) is 8.78 Å². The molecule has 60 valence electrons. The summed E-state index contributed by atoms with van der Waals surface area (Å²) in [6.07, 6.45) is 0. The Morgan fingerprint density at radius 2 is 1.82 bits per heavy atom. The monoisotopic (exact) mass is 176 g/mol. The maximum absolute atomic E-state index is 12.5. The molecule has 0 aliphatic heterocycles. The Bertz CT molecular complexity index is 275. The van der Waals surface area contributed by atoms with E-state index in [1.165, 1.54) is 7.11 Å². The summed E-state index contributed by atoms with van der Waals surface area (Å²) in [6.45, 7) is 0. The van der Waals surface area contributed by atoms with E-state index in [-0.39, 0.29) is 10.6 Å². The summed E-state index contributed by atoms with van der Waals surface area (Å²) in [7, 11) is 1.37. The highest BCUT2D eigenvalue weighted by Crippen LogP contribution is 2.24. The van der Waals surface area contributed by atoms with Crippen LogP contribution in [-0.4, -0.2) is 7.11 Å². The van der Waals surface area contributed by atoms with Crippen LogP contribution in [0.5, 0.6) is 5.75 Å². The van der Waals surface area contributed by atoms with Crippen molar-refractivity contribution in [3.8, 4) is 5.75 Å². The summed E-state index contributed by atoms with van der Waals surface area (Å²) in [4.78, 5) is 0.284. The van der Waals surface area contributed by atoms with Crippen molar-refractivity contribution in [2.75, 3.05) is 7.11 Å². The van der Waals surface area contributed by atoms with E-state index in [1.54, 1.807) is 0 Å². The lowest BCUT2D eigenvalue weighted by Gasteiger charge is -2.02. The van der Waals surface area contributed by atoms with Gasteiger partial charge in [-0.15, -0.1) is 12.6 Å². The topological polar surface area (TPSA) is 9.23 Å². The first-order valence-corrected chi connectivity index (χ1v) is 3.32. The van der Waals surface area contributed by atoms with E-state index in [2.05, 4.69) is 12.6 Å². The van der Waals surface area contributed by atoms with Crippen LogP contribution in [-0.2, 0) is 0 Å². The summed E-state index contributed by atoms with van der Waals surface area (Å²) >= 11 is 3.86.